The number of carbonyl (C=O) groups excluding carboxylic acids is 1. The van der Waals surface area contributed by atoms with Gasteiger partial charge in [0.1, 0.15) is 5.82 Å². The van der Waals surface area contributed by atoms with Gasteiger partial charge in [-0.1, -0.05) is 13.8 Å². The molecule has 1 heterocycles. The van der Waals surface area contributed by atoms with Crippen molar-refractivity contribution in [3.63, 3.8) is 0 Å². The smallest absolute Gasteiger partial charge is 0.358 e. The van der Waals surface area contributed by atoms with E-state index in [4.69, 9.17) is 0 Å². The first kappa shape index (κ1) is 14.4. The Hall–Kier alpha value is -1.69. The summed E-state index contributed by atoms with van der Waals surface area (Å²) >= 11 is 0. The van der Waals surface area contributed by atoms with Crippen LogP contribution in [0.2, 0.25) is 0 Å². The molecule has 1 unspecified atom stereocenters. The predicted molar refractivity (Wildman–Crippen MR) is 67.3 cm³/mol. The molecule has 2 N–H and O–H groups in total. The summed E-state index contributed by atoms with van der Waals surface area (Å²) in [6, 6.07) is -0.104. The summed E-state index contributed by atoms with van der Waals surface area (Å²) in [4.78, 5) is 19.3. The van der Waals surface area contributed by atoms with Crippen LogP contribution in [0.1, 0.15) is 30.8 Å². The van der Waals surface area contributed by atoms with E-state index in [1.807, 2.05) is 0 Å². The van der Waals surface area contributed by atoms with E-state index < -0.39 is 5.97 Å². The molecular formula is C12H19N3O3. The van der Waals surface area contributed by atoms with E-state index in [0.717, 1.165) is 6.42 Å². The van der Waals surface area contributed by atoms with Crippen LogP contribution >= 0.6 is 0 Å². The van der Waals surface area contributed by atoms with Crippen molar-refractivity contribution in [2.45, 2.75) is 26.3 Å². The van der Waals surface area contributed by atoms with Crippen LogP contribution in [0.4, 0.5) is 5.82 Å². The Morgan fingerprint density at radius 1 is 1.50 bits per heavy atom. The lowest BCUT2D eigenvalue weighted by atomic mass is 10.0. The van der Waals surface area contributed by atoms with Gasteiger partial charge in [-0.25, -0.2) is 9.78 Å². The first-order valence-corrected chi connectivity index (χ1v) is 5.84. The molecule has 0 aliphatic carbocycles. The van der Waals surface area contributed by atoms with Crippen molar-refractivity contribution in [3.8, 4) is 0 Å². The second-order valence-corrected chi connectivity index (χ2v) is 4.43. The van der Waals surface area contributed by atoms with Crippen molar-refractivity contribution in [1.29, 1.82) is 0 Å². The summed E-state index contributed by atoms with van der Waals surface area (Å²) in [5, 5.41) is 12.3. The summed E-state index contributed by atoms with van der Waals surface area (Å²) in [6.07, 6.45) is 3.66. The fraction of sp³-hybridized carbons (Fsp3) is 0.583. The summed E-state index contributed by atoms with van der Waals surface area (Å²) in [7, 11) is 1.29. The Morgan fingerprint density at radius 3 is 2.78 bits per heavy atom. The maximum atomic E-state index is 11.3. The van der Waals surface area contributed by atoms with Crippen LogP contribution in [0.5, 0.6) is 0 Å². The van der Waals surface area contributed by atoms with Gasteiger partial charge in [-0.2, -0.15) is 0 Å². The number of methoxy groups -OCH3 is 1. The molecule has 0 aromatic carbocycles. The number of anilines is 1. The Kier molecular flexibility index (Phi) is 5.51. The number of nitrogens with one attached hydrogen (secondary N) is 1. The Balaban J connectivity index is 2.74. The molecule has 100 valence electrons. The second-order valence-electron chi connectivity index (χ2n) is 4.43. The number of ether oxygens (including phenoxy) is 1. The SMILES string of the molecule is COC(=O)c1cncc(NC(CO)CC(C)C)n1. The van der Waals surface area contributed by atoms with Crippen LogP contribution < -0.4 is 5.32 Å². The van der Waals surface area contributed by atoms with Crippen molar-refractivity contribution in [2.24, 2.45) is 5.92 Å². The molecule has 0 bridgehead atoms. The number of aliphatic hydroxyl groups is 1. The van der Waals surface area contributed by atoms with Crippen molar-refractivity contribution in [3.05, 3.63) is 18.1 Å². The zero-order valence-electron chi connectivity index (χ0n) is 10.9. The molecule has 0 spiro atoms. The zero-order valence-corrected chi connectivity index (χ0v) is 10.9. The normalized spacial score (nSPS) is 12.3. The standard InChI is InChI=1S/C12H19N3O3/c1-8(2)4-9(7-16)14-11-6-13-5-10(15-11)12(17)18-3/h5-6,8-9,16H,4,7H2,1-3H3,(H,14,15). The van der Waals surface area contributed by atoms with Gasteiger partial charge in [-0.05, 0) is 12.3 Å². The second kappa shape index (κ2) is 6.90. The minimum absolute atomic E-state index is 0.00229. The lowest BCUT2D eigenvalue weighted by molar-refractivity contribution is 0.0593. The van der Waals surface area contributed by atoms with Crippen molar-refractivity contribution in [2.75, 3.05) is 19.0 Å². The van der Waals surface area contributed by atoms with Gasteiger partial charge in [0.25, 0.3) is 0 Å². The summed E-state index contributed by atoms with van der Waals surface area (Å²) in [5.74, 6) is 0.375. The number of hydrogen-bond donors (Lipinski definition) is 2. The van der Waals surface area contributed by atoms with Gasteiger partial charge in [0, 0.05) is 0 Å². The van der Waals surface area contributed by atoms with E-state index in [1.54, 1.807) is 0 Å². The van der Waals surface area contributed by atoms with Crippen LogP contribution in [0, 0.1) is 5.92 Å². The first-order valence-electron chi connectivity index (χ1n) is 5.84. The van der Waals surface area contributed by atoms with E-state index in [1.165, 1.54) is 19.5 Å². The van der Waals surface area contributed by atoms with Gasteiger partial charge >= 0.3 is 5.97 Å². The topological polar surface area (TPSA) is 84.3 Å². The minimum Gasteiger partial charge on any atom is -0.464 e. The molecule has 0 radical (unpaired) electrons. The Morgan fingerprint density at radius 2 is 2.22 bits per heavy atom. The van der Waals surface area contributed by atoms with Gasteiger partial charge in [0.2, 0.25) is 0 Å². The van der Waals surface area contributed by atoms with Crippen molar-refractivity contribution < 1.29 is 14.6 Å². The molecule has 1 aromatic rings. The molecule has 6 nitrogen and oxygen atoms in total. The third-order valence-electron chi connectivity index (χ3n) is 2.36. The van der Waals surface area contributed by atoms with E-state index in [9.17, 15) is 9.90 Å². The average molecular weight is 253 g/mol. The highest BCUT2D eigenvalue weighted by Gasteiger charge is 2.13. The van der Waals surface area contributed by atoms with Crippen LogP contribution in [0.25, 0.3) is 0 Å². The largest absolute Gasteiger partial charge is 0.464 e. The fourth-order valence-corrected chi connectivity index (χ4v) is 1.60. The van der Waals surface area contributed by atoms with Gasteiger partial charge in [-0.3, -0.25) is 4.98 Å². The lowest BCUT2D eigenvalue weighted by Gasteiger charge is -2.18. The summed E-state index contributed by atoms with van der Waals surface area (Å²) in [5.41, 5.74) is 0.142. The van der Waals surface area contributed by atoms with E-state index in [2.05, 4.69) is 33.9 Å². The molecule has 6 heteroatoms. The highest BCUT2D eigenvalue weighted by atomic mass is 16.5. The molecule has 1 rings (SSSR count). The number of aromatic nitrogens is 2. The molecule has 0 aliphatic rings. The van der Waals surface area contributed by atoms with E-state index in [0.29, 0.717) is 11.7 Å². The Labute approximate surface area is 106 Å². The van der Waals surface area contributed by atoms with E-state index >= 15 is 0 Å². The van der Waals surface area contributed by atoms with Gasteiger partial charge < -0.3 is 15.2 Å². The fourth-order valence-electron chi connectivity index (χ4n) is 1.60. The number of rotatable bonds is 6. The predicted octanol–water partition coefficient (Wildman–Crippen LogP) is 1.08. The average Bonchev–Trinajstić information content (AvgIpc) is 2.36. The number of aliphatic hydroxyl groups excluding tert-OH is 1. The maximum Gasteiger partial charge on any atom is 0.358 e. The molecule has 1 atom stereocenters. The number of esters is 1. The number of carbonyl (C=O) groups is 1. The maximum absolute atomic E-state index is 11.3. The van der Waals surface area contributed by atoms with Crippen LogP contribution in [-0.4, -0.2) is 40.8 Å². The summed E-state index contributed by atoms with van der Waals surface area (Å²) < 4.78 is 4.57. The van der Waals surface area contributed by atoms with Crippen LogP contribution in [-0.2, 0) is 4.74 Å². The molecular weight excluding hydrogens is 234 g/mol. The number of nitrogens with zero attached hydrogens (tertiary/aromatic N) is 2. The Bertz CT molecular complexity index is 396. The van der Waals surface area contributed by atoms with Crippen LogP contribution in [0.15, 0.2) is 12.4 Å². The molecule has 0 amide bonds. The minimum atomic E-state index is -0.532. The van der Waals surface area contributed by atoms with Gasteiger partial charge in [0.05, 0.1) is 32.2 Å². The highest BCUT2D eigenvalue weighted by molar-refractivity contribution is 5.87. The van der Waals surface area contributed by atoms with Gasteiger partial charge in [-0.15, -0.1) is 0 Å². The third-order valence-corrected chi connectivity index (χ3v) is 2.36. The number of hydrogen-bond acceptors (Lipinski definition) is 6. The molecule has 1 aromatic heterocycles. The lowest BCUT2D eigenvalue weighted by Crippen LogP contribution is -2.26. The molecule has 0 fully saturated rings. The molecule has 18 heavy (non-hydrogen) atoms. The zero-order chi connectivity index (χ0) is 13.5. The van der Waals surface area contributed by atoms with Crippen LogP contribution in [0.3, 0.4) is 0 Å². The monoisotopic (exact) mass is 253 g/mol. The first-order chi connectivity index (χ1) is 8.56. The third kappa shape index (κ3) is 4.29. The van der Waals surface area contributed by atoms with Crippen molar-refractivity contribution in [1.82, 2.24) is 9.97 Å². The summed E-state index contributed by atoms with van der Waals surface area (Å²) in [6.45, 7) is 4.14. The quantitative estimate of drug-likeness (QED) is 0.738. The van der Waals surface area contributed by atoms with E-state index in [-0.39, 0.29) is 18.3 Å². The molecule has 0 aliphatic heterocycles. The molecule has 0 saturated heterocycles. The van der Waals surface area contributed by atoms with Crippen molar-refractivity contribution >= 4 is 11.8 Å². The highest BCUT2D eigenvalue weighted by Crippen LogP contribution is 2.10. The van der Waals surface area contributed by atoms with Gasteiger partial charge in [0.15, 0.2) is 5.69 Å². The molecule has 0 saturated carbocycles.